The Morgan fingerprint density at radius 2 is 1.73 bits per heavy atom. The SMILES string of the molecule is FC(F)(F)Oc1ccc(CN2Cc3ccc(C(F)(F)F)nc3Nc3cccc(-c4nn[n-]n4)c32)cc1.[Re]. The van der Waals surface area contributed by atoms with Gasteiger partial charge < -0.3 is 20.1 Å². The molecule has 0 fully saturated rings. The Hall–Kier alpha value is -3.70. The van der Waals surface area contributed by atoms with E-state index in [0.29, 0.717) is 28.1 Å². The Morgan fingerprint density at radius 3 is 2.38 bits per heavy atom. The number of pyridine rings is 1. The first-order chi connectivity index (χ1) is 17.1. The van der Waals surface area contributed by atoms with Crippen molar-refractivity contribution in [3.05, 3.63) is 71.4 Å². The maximum absolute atomic E-state index is 13.3. The molecule has 4 aromatic rings. The molecular formula is C22H14F6N7ORe-. The summed E-state index contributed by atoms with van der Waals surface area (Å²) in [5.74, 6) is -0.150. The van der Waals surface area contributed by atoms with Crippen LogP contribution in [-0.4, -0.2) is 26.8 Å². The van der Waals surface area contributed by atoms with E-state index in [1.54, 1.807) is 18.2 Å². The number of tetrazole rings is 1. The van der Waals surface area contributed by atoms with Gasteiger partial charge in [-0.25, -0.2) is 10.1 Å². The second-order valence-corrected chi connectivity index (χ2v) is 7.78. The number of hydrogen-bond donors (Lipinski definition) is 1. The molecule has 0 bridgehead atoms. The van der Waals surface area contributed by atoms with Crippen LogP contribution in [0.15, 0.2) is 54.6 Å². The summed E-state index contributed by atoms with van der Waals surface area (Å²) in [6.07, 6.45) is -9.45. The molecule has 1 aliphatic heterocycles. The van der Waals surface area contributed by atoms with Gasteiger partial charge in [-0.3, -0.25) is 10.4 Å². The van der Waals surface area contributed by atoms with E-state index >= 15 is 0 Å². The molecule has 0 atom stereocenters. The fourth-order valence-electron chi connectivity index (χ4n) is 3.86. The second-order valence-electron chi connectivity index (χ2n) is 7.78. The minimum absolute atomic E-state index is 0. The minimum atomic E-state index is -4.82. The molecular weight excluding hydrogens is 678 g/mol. The van der Waals surface area contributed by atoms with Crippen LogP contribution in [0.1, 0.15) is 16.8 Å². The number of hydrogen-bond acceptors (Lipinski definition) is 7. The molecule has 0 aliphatic carbocycles. The van der Waals surface area contributed by atoms with Crippen molar-refractivity contribution in [1.82, 2.24) is 25.6 Å². The van der Waals surface area contributed by atoms with Crippen molar-refractivity contribution >= 4 is 17.2 Å². The Labute approximate surface area is 218 Å². The van der Waals surface area contributed by atoms with Gasteiger partial charge in [-0.15, -0.1) is 13.2 Å². The average molecular weight is 693 g/mol. The number of nitrogens with zero attached hydrogens (tertiary/aromatic N) is 6. The number of aromatic nitrogens is 5. The number of ether oxygens (including phenoxy) is 1. The summed E-state index contributed by atoms with van der Waals surface area (Å²) in [6, 6.07) is 12.6. The molecule has 15 heteroatoms. The van der Waals surface area contributed by atoms with Gasteiger partial charge >= 0.3 is 12.5 Å². The summed E-state index contributed by atoms with van der Waals surface area (Å²) in [4.78, 5) is 5.61. The Bertz CT molecular complexity index is 1380. The molecule has 1 aliphatic rings. The standard InChI is InChI=1S/C22H14F6N7O.Re/c23-21(24,25)17-9-6-13-11-35(10-12-4-7-14(8-5-12)36-22(26,27)28)18-15(20-31-33-34-32-20)2-1-3-16(18)29-19(13)30-17;/h1-9H,10-11H2,(H-,29,30,31,32,33,34);/q-1;. The van der Waals surface area contributed by atoms with E-state index in [-0.39, 0.29) is 50.9 Å². The summed E-state index contributed by atoms with van der Waals surface area (Å²) in [6.45, 7) is 0.305. The van der Waals surface area contributed by atoms with Crippen molar-refractivity contribution < 1.29 is 51.5 Å². The van der Waals surface area contributed by atoms with Crippen molar-refractivity contribution in [2.24, 2.45) is 0 Å². The van der Waals surface area contributed by atoms with Crippen LogP contribution in [0.3, 0.4) is 0 Å². The van der Waals surface area contributed by atoms with Crippen molar-refractivity contribution in [3.8, 4) is 17.1 Å². The predicted octanol–water partition coefficient (Wildman–Crippen LogP) is 5.07. The zero-order valence-corrected chi connectivity index (χ0v) is 21.1. The molecule has 0 saturated heterocycles. The topological polar surface area (TPSA) is 90.2 Å². The molecule has 3 heterocycles. The van der Waals surface area contributed by atoms with Crippen LogP contribution in [-0.2, 0) is 39.7 Å². The van der Waals surface area contributed by atoms with E-state index in [4.69, 9.17) is 0 Å². The summed E-state index contributed by atoms with van der Waals surface area (Å²) >= 11 is 0. The largest absolute Gasteiger partial charge is 0.573 e. The number of benzene rings is 2. The minimum Gasteiger partial charge on any atom is -0.406 e. The maximum atomic E-state index is 13.3. The van der Waals surface area contributed by atoms with E-state index in [1.807, 2.05) is 4.90 Å². The number of anilines is 3. The van der Waals surface area contributed by atoms with Gasteiger partial charge in [0.2, 0.25) is 0 Å². The molecule has 2 aromatic carbocycles. The van der Waals surface area contributed by atoms with E-state index in [2.05, 4.69) is 35.7 Å². The maximum Gasteiger partial charge on any atom is 0.573 e. The molecule has 0 unspecified atom stereocenters. The van der Waals surface area contributed by atoms with Crippen LogP contribution >= 0.6 is 0 Å². The van der Waals surface area contributed by atoms with Gasteiger partial charge in [-0.05, 0) is 29.8 Å². The van der Waals surface area contributed by atoms with Crippen LogP contribution in [0.25, 0.3) is 11.4 Å². The first kappa shape index (κ1) is 26.4. The molecule has 0 spiro atoms. The van der Waals surface area contributed by atoms with Crippen LogP contribution in [0.2, 0.25) is 0 Å². The van der Waals surface area contributed by atoms with E-state index in [9.17, 15) is 26.3 Å². The molecule has 1 N–H and O–H groups in total. The van der Waals surface area contributed by atoms with E-state index in [0.717, 1.165) is 6.07 Å². The third-order valence-corrected chi connectivity index (χ3v) is 5.33. The molecule has 1 radical (unpaired) electrons. The van der Waals surface area contributed by atoms with Crippen LogP contribution in [0, 0.1) is 0 Å². The molecule has 193 valence electrons. The molecule has 37 heavy (non-hydrogen) atoms. The number of halogens is 6. The van der Waals surface area contributed by atoms with Crippen molar-refractivity contribution in [2.75, 3.05) is 10.2 Å². The number of alkyl halides is 6. The van der Waals surface area contributed by atoms with Gasteiger partial charge in [-0.1, -0.05) is 30.3 Å². The van der Waals surface area contributed by atoms with Gasteiger partial charge in [0.25, 0.3) is 0 Å². The Balaban J connectivity index is 0.00000320. The summed E-state index contributed by atoms with van der Waals surface area (Å²) in [5.41, 5.74) is 1.52. The fraction of sp³-hybridized carbons (Fsp3) is 0.182. The van der Waals surface area contributed by atoms with Gasteiger partial charge in [0.15, 0.2) is 0 Å². The third kappa shape index (κ3) is 5.83. The molecule has 0 amide bonds. The van der Waals surface area contributed by atoms with E-state index < -0.39 is 18.2 Å². The normalized spacial score (nSPS) is 13.1. The Morgan fingerprint density at radius 1 is 0.973 bits per heavy atom. The van der Waals surface area contributed by atoms with Crippen LogP contribution < -0.4 is 20.2 Å². The quantitative estimate of drug-likeness (QED) is 0.297. The number of nitrogens with one attached hydrogen (secondary N) is 1. The second kappa shape index (κ2) is 9.98. The van der Waals surface area contributed by atoms with Gasteiger partial charge in [-0.2, -0.15) is 13.2 Å². The average Bonchev–Trinajstić information content (AvgIpc) is 3.29. The van der Waals surface area contributed by atoms with Gasteiger partial charge in [0, 0.05) is 44.6 Å². The van der Waals surface area contributed by atoms with E-state index in [1.165, 1.54) is 30.3 Å². The van der Waals surface area contributed by atoms with Crippen molar-refractivity contribution in [1.29, 1.82) is 0 Å². The monoisotopic (exact) mass is 693 g/mol. The number of fused-ring (bicyclic) bond motifs is 2. The molecule has 0 saturated carbocycles. The summed E-state index contributed by atoms with van der Waals surface area (Å²) < 4.78 is 81.3. The summed E-state index contributed by atoms with van der Waals surface area (Å²) in [5, 5.41) is 17.8. The van der Waals surface area contributed by atoms with Crippen molar-refractivity contribution in [2.45, 2.75) is 25.6 Å². The van der Waals surface area contributed by atoms with Crippen molar-refractivity contribution in [3.63, 3.8) is 0 Å². The molecule has 2 aromatic heterocycles. The first-order valence-corrected chi connectivity index (χ1v) is 10.3. The zero-order valence-electron chi connectivity index (χ0n) is 18.3. The van der Waals surface area contributed by atoms with Gasteiger partial charge in [0.05, 0.1) is 17.2 Å². The third-order valence-electron chi connectivity index (χ3n) is 5.33. The molecule has 8 nitrogen and oxygen atoms in total. The zero-order chi connectivity index (χ0) is 25.5. The van der Waals surface area contributed by atoms with Crippen LogP contribution in [0.5, 0.6) is 5.75 Å². The first-order valence-electron chi connectivity index (χ1n) is 10.3. The summed E-state index contributed by atoms with van der Waals surface area (Å²) in [7, 11) is 0. The number of para-hydroxylation sites is 1. The fourth-order valence-corrected chi connectivity index (χ4v) is 3.86. The number of rotatable bonds is 4. The van der Waals surface area contributed by atoms with Gasteiger partial charge in [0.1, 0.15) is 17.3 Å². The smallest absolute Gasteiger partial charge is 0.406 e. The van der Waals surface area contributed by atoms with Crippen LogP contribution in [0.4, 0.5) is 43.5 Å². The Kier molecular flexibility index (Phi) is 7.12. The molecule has 5 rings (SSSR count). The predicted molar refractivity (Wildman–Crippen MR) is 114 cm³/mol.